The van der Waals surface area contributed by atoms with E-state index in [1.54, 1.807) is 18.8 Å². The first kappa shape index (κ1) is 15.6. The summed E-state index contributed by atoms with van der Waals surface area (Å²) in [6.07, 6.45) is 0. The van der Waals surface area contributed by atoms with Crippen molar-refractivity contribution in [3.05, 3.63) is 59.7 Å². The van der Waals surface area contributed by atoms with E-state index in [4.69, 9.17) is 4.84 Å². The Morgan fingerprint density at radius 1 is 1.22 bits per heavy atom. The molecule has 0 aliphatic rings. The van der Waals surface area contributed by atoms with E-state index in [0.29, 0.717) is 11.3 Å². The summed E-state index contributed by atoms with van der Waals surface area (Å²) in [7, 11) is 3.08. The van der Waals surface area contributed by atoms with Crippen LogP contribution in [0.2, 0.25) is 0 Å². The van der Waals surface area contributed by atoms with Gasteiger partial charge in [-0.15, -0.1) is 0 Å². The molecule has 23 heavy (non-hydrogen) atoms. The number of hydroxylamine groups is 2. The molecule has 3 aromatic rings. The van der Waals surface area contributed by atoms with E-state index in [9.17, 15) is 4.79 Å². The van der Waals surface area contributed by atoms with Crippen LogP contribution in [-0.2, 0) is 10.6 Å². The topological polar surface area (TPSA) is 58.2 Å². The minimum Gasteiger partial charge on any atom is -0.333 e. The summed E-state index contributed by atoms with van der Waals surface area (Å²) in [5.74, 6) is 0.493. The fourth-order valence-electron chi connectivity index (χ4n) is 2.25. The normalized spacial score (nSPS) is 10.9. The summed E-state index contributed by atoms with van der Waals surface area (Å²) in [5.41, 5.74) is 3.55. The predicted molar refractivity (Wildman–Crippen MR) is 91.2 cm³/mol. The standard InChI is InChI=1S/C17H17N3O2S/c1-20(22-2)16(21)13-8-4-3-7-12(13)11-23-17-18-14-9-5-6-10-15(14)19-17/h3-10H,11H2,1-2H3,(H,18,19). The maximum absolute atomic E-state index is 12.3. The summed E-state index contributed by atoms with van der Waals surface area (Å²) in [4.78, 5) is 25.1. The molecular formula is C17H17N3O2S. The highest BCUT2D eigenvalue weighted by atomic mass is 32.2. The van der Waals surface area contributed by atoms with E-state index in [-0.39, 0.29) is 5.91 Å². The van der Waals surface area contributed by atoms with E-state index in [2.05, 4.69) is 9.97 Å². The number of nitrogens with zero attached hydrogens (tertiary/aromatic N) is 2. The zero-order valence-corrected chi connectivity index (χ0v) is 13.8. The van der Waals surface area contributed by atoms with Crippen LogP contribution in [0.3, 0.4) is 0 Å². The number of imidazole rings is 1. The zero-order valence-electron chi connectivity index (χ0n) is 12.9. The van der Waals surface area contributed by atoms with Gasteiger partial charge < -0.3 is 4.98 Å². The lowest BCUT2D eigenvalue weighted by atomic mass is 10.1. The number of carbonyl (C=O) groups excluding carboxylic acids is 1. The Labute approximate surface area is 138 Å². The number of aromatic nitrogens is 2. The molecule has 0 atom stereocenters. The van der Waals surface area contributed by atoms with Gasteiger partial charge in [0.25, 0.3) is 5.91 Å². The highest BCUT2D eigenvalue weighted by Gasteiger charge is 2.15. The first-order valence-corrected chi connectivity index (χ1v) is 8.15. The molecule has 1 N–H and O–H groups in total. The molecule has 2 aromatic carbocycles. The van der Waals surface area contributed by atoms with Crippen molar-refractivity contribution in [3.63, 3.8) is 0 Å². The number of hydrogen-bond donors (Lipinski definition) is 1. The molecule has 5 nitrogen and oxygen atoms in total. The smallest absolute Gasteiger partial charge is 0.277 e. The molecule has 0 saturated heterocycles. The third-order valence-electron chi connectivity index (χ3n) is 3.54. The third kappa shape index (κ3) is 3.38. The van der Waals surface area contributed by atoms with Gasteiger partial charge in [0.1, 0.15) is 0 Å². The van der Waals surface area contributed by atoms with Crippen molar-refractivity contribution in [2.75, 3.05) is 14.2 Å². The molecule has 118 valence electrons. The molecule has 0 fully saturated rings. The van der Waals surface area contributed by atoms with Gasteiger partial charge in [0.05, 0.1) is 18.1 Å². The highest BCUT2D eigenvalue weighted by Crippen LogP contribution is 2.25. The summed E-state index contributed by atoms with van der Waals surface area (Å²) in [6.45, 7) is 0. The second-order valence-electron chi connectivity index (χ2n) is 4.99. The number of H-pyrrole nitrogens is 1. The number of benzene rings is 2. The number of fused-ring (bicyclic) bond motifs is 1. The molecule has 0 saturated carbocycles. The van der Waals surface area contributed by atoms with Crippen LogP contribution in [0.15, 0.2) is 53.7 Å². The van der Waals surface area contributed by atoms with Crippen LogP contribution in [-0.4, -0.2) is 35.1 Å². The van der Waals surface area contributed by atoms with Gasteiger partial charge in [-0.3, -0.25) is 9.63 Å². The average Bonchev–Trinajstić information content (AvgIpc) is 3.01. The molecule has 0 unspecified atom stereocenters. The van der Waals surface area contributed by atoms with Gasteiger partial charge in [0.15, 0.2) is 5.16 Å². The van der Waals surface area contributed by atoms with Crippen LogP contribution in [0.4, 0.5) is 0 Å². The van der Waals surface area contributed by atoms with Gasteiger partial charge in [0.2, 0.25) is 0 Å². The fourth-order valence-corrected chi connectivity index (χ4v) is 3.14. The van der Waals surface area contributed by atoms with Crippen LogP contribution in [0.1, 0.15) is 15.9 Å². The van der Waals surface area contributed by atoms with E-state index < -0.39 is 0 Å². The zero-order chi connectivity index (χ0) is 16.2. The molecule has 1 amide bonds. The Hall–Kier alpha value is -2.31. The fraction of sp³-hybridized carbons (Fsp3) is 0.176. The summed E-state index contributed by atoms with van der Waals surface area (Å²) in [6, 6.07) is 15.5. The van der Waals surface area contributed by atoms with Crippen molar-refractivity contribution in [1.82, 2.24) is 15.0 Å². The molecule has 0 aliphatic carbocycles. The van der Waals surface area contributed by atoms with E-state index in [1.807, 2.05) is 48.5 Å². The Morgan fingerprint density at radius 3 is 2.74 bits per heavy atom. The average molecular weight is 327 g/mol. The van der Waals surface area contributed by atoms with Gasteiger partial charge in [-0.25, -0.2) is 10.0 Å². The third-order valence-corrected chi connectivity index (χ3v) is 4.46. The number of nitrogens with one attached hydrogen (secondary N) is 1. The summed E-state index contributed by atoms with van der Waals surface area (Å²) >= 11 is 1.57. The van der Waals surface area contributed by atoms with Crippen LogP contribution in [0.5, 0.6) is 0 Å². The Bertz CT molecular complexity index is 798. The Kier molecular flexibility index (Phi) is 4.64. The predicted octanol–water partition coefficient (Wildman–Crippen LogP) is 3.49. The number of hydrogen-bond acceptors (Lipinski definition) is 4. The lowest BCUT2D eigenvalue weighted by molar-refractivity contribution is -0.0757. The number of rotatable bonds is 5. The van der Waals surface area contributed by atoms with Gasteiger partial charge in [-0.05, 0) is 23.8 Å². The number of thioether (sulfide) groups is 1. The minimum absolute atomic E-state index is 0.159. The van der Waals surface area contributed by atoms with Crippen molar-refractivity contribution >= 4 is 28.7 Å². The highest BCUT2D eigenvalue weighted by molar-refractivity contribution is 7.98. The second-order valence-corrected chi connectivity index (χ2v) is 5.95. The van der Waals surface area contributed by atoms with Crippen LogP contribution in [0, 0.1) is 0 Å². The number of amides is 1. The molecule has 6 heteroatoms. The Balaban J connectivity index is 1.79. The summed E-state index contributed by atoms with van der Waals surface area (Å²) in [5, 5.41) is 2.07. The first-order chi connectivity index (χ1) is 11.2. The Morgan fingerprint density at radius 2 is 1.96 bits per heavy atom. The monoisotopic (exact) mass is 327 g/mol. The number of para-hydroxylation sites is 2. The summed E-state index contributed by atoms with van der Waals surface area (Å²) < 4.78 is 0. The van der Waals surface area contributed by atoms with Crippen LogP contribution in [0.25, 0.3) is 11.0 Å². The van der Waals surface area contributed by atoms with E-state index in [1.165, 1.54) is 12.2 Å². The quantitative estimate of drug-likeness (QED) is 0.576. The van der Waals surface area contributed by atoms with E-state index in [0.717, 1.165) is 21.8 Å². The number of carbonyl (C=O) groups is 1. The molecule has 0 spiro atoms. The van der Waals surface area contributed by atoms with Gasteiger partial charge in [0, 0.05) is 18.4 Å². The molecule has 0 bridgehead atoms. The van der Waals surface area contributed by atoms with Crippen molar-refractivity contribution < 1.29 is 9.63 Å². The van der Waals surface area contributed by atoms with Crippen molar-refractivity contribution in [2.45, 2.75) is 10.9 Å². The molecular weight excluding hydrogens is 310 g/mol. The van der Waals surface area contributed by atoms with Crippen molar-refractivity contribution in [1.29, 1.82) is 0 Å². The minimum atomic E-state index is -0.159. The van der Waals surface area contributed by atoms with Crippen molar-refractivity contribution in [2.24, 2.45) is 0 Å². The maximum atomic E-state index is 12.3. The molecule has 1 aromatic heterocycles. The lowest BCUT2D eigenvalue weighted by Crippen LogP contribution is -2.26. The second kappa shape index (κ2) is 6.85. The maximum Gasteiger partial charge on any atom is 0.277 e. The first-order valence-electron chi connectivity index (χ1n) is 7.16. The lowest BCUT2D eigenvalue weighted by Gasteiger charge is -2.15. The van der Waals surface area contributed by atoms with Crippen LogP contribution < -0.4 is 0 Å². The molecule has 1 heterocycles. The van der Waals surface area contributed by atoms with Crippen LogP contribution >= 0.6 is 11.8 Å². The van der Waals surface area contributed by atoms with Gasteiger partial charge >= 0.3 is 0 Å². The van der Waals surface area contributed by atoms with Crippen molar-refractivity contribution in [3.8, 4) is 0 Å². The molecule has 0 radical (unpaired) electrons. The molecule has 3 rings (SSSR count). The van der Waals surface area contributed by atoms with Gasteiger partial charge in [-0.1, -0.05) is 42.1 Å². The van der Waals surface area contributed by atoms with Gasteiger partial charge in [-0.2, -0.15) is 0 Å². The number of aromatic amines is 1. The van der Waals surface area contributed by atoms with E-state index >= 15 is 0 Å². The molecule has 0 aliphatic heterocycles. The SMILES string of the molecule is CON(C)C(=O)c1ccccc1CSc1nc2ccccc2[nH]1. The largest absolute Gasteiger partial charge is 0.333 e.